The number of imidazole rings is 1. The van der Waals surface area contributed by atoms with Crippen molar-refractivity contribution in [1.29, 1.82) is 0 Å². The number of morpholine rings is 1. The minimum Gasteiger partial charge on any atom is -0.454 e. The molecule has 0 radical (unpaired) electrons. The van der Waals surface area contributed by atoms with E-state index < -0.39 is 0 Å². The second-order valence-electron chi connectivity index (χ2n) is 8.14. The quantitative estimate of drug-likeness (QED) is 0.502. The first kappa shape index (κ1) is 19.8. The predicted octanol–water partition coefficient (Wildman–Crippen LogP) is 3.30. The van der Waals surface area contributed by atoms with Crippen LogP contribution in [0.5, 0.6) is 11.5 Å². The normalized spacial score (nSPS) is 15.2. The van der Waals surface area contributed by atoms with Crippen molar-refractivity contribution in [2.45, 2.75) is 13.5 Å². The molecule has 1 N–H and O–H groups in total. The van der Waals surface area contributed by atoms with E-state index in [0.717, 1.165) is 47.0 Å². The van der Waals surface area contributed by atoms with Crippen LogP contribution in [0.1, 0.15) is 11.1 Å². The number of benzene rings is 2. The molecule has 0 aliphatic carbocycles. The van der Waals surface area contributed by atoms with Crippen molar-refractivity contribution >= 4 is 22.9 Å². The van der Waals surface area contributed by atoms with Gasteiger partial charge in [0.1, 0.15) is 6.33 Å². The fraction of sp³-hybridized carbons (Fsp3) is 0.292. The summed E-state index contributed by atoms with van der Waals surface area (Å²) in [7, 11) is 0. The monoisotopic (exact) mass is 444 g/mol. The molecule has 2 aliphatic rings. The molecule has 2 aromatic carbocycles. The van der Waals surface area contributed by atoms with E-state index in [1.54, 1.807) is 0 Å². The Morgan fingerprint density at radius 1 is 1.00 bits per heavy atom. The number of rotatable bonds is 5. The Hall–Kier alpha value is -3.85. The van der Waals surface area contributed by atoms with Gasteiger partial charge in [0.15, 0.2) is 28.5 Å². The molecule has 4 heterocycles. The third-order valence-electron chi connectivity index (χ3n) is 5.85. The zero-order chi connectivity index (χ0) is 22.2. The first-order chi connectivity index (χ1) is 16.2. The van der Waals surface area contributed by atoms with E-state index >= 15 is 0 Å². The summed E-state index contributed by atoms with van der Waals surface area (Å²) in [6.07, 6.45) is 1.81. The maximum atomic E-state index is 5.52. The Morgan fingerprint density at radius 3 is 2.76 bits per heavy atom. The van der Waals surface area contributed by atoms with Crippen molar-refractivity contribution in [3.8, 4) is 17.2 Å². The molecule has 2 aromatic heterocycles. The molecule has 9 nitrogen and oxygen atoms in total. The fourth-order valence-electron chi connectivity index (χ4n) is 4.12. The third kappa shape index (κ3) is 3.80. The zero-order valence-corrected chi connectivity index (χ0v) is 18.3. The summed E-state index contributed by atoms with van der Waals surface area (Å²) in [5.41, 5.74) is 4.76. The summed E-state index contributed by atoms with van der Waals surface area (Å²) in [6, 6.07) is 14.2. The van der Waals surface area contributed by atoms with Gasteiger partial charge in [-0.3, -0.25) is 4.57 Å². The third-order valence-corrected chi connectivity index (χ3v) is 5.85. The molecule has 0 unspecified atom stereocenters. The van der Waals surface area contributed by atoms with Crippen LogP contribution in [0, 0.1) is 6.92 Å². The number of nitrogens with one attached hydrogen (secondary N) is 1. The summed E-state index contributed by atoms with van der Waals surface area (Å²) in [6.45, 7) is 5.75. The van der Waals surface area contributed by atoms with Crippen molar-refractivity contribution in [2.75, 3.05) is 43.3 Å². The van der Waals surface area contributed by atoms with E-state index in [1.165, 1.54) is 5.56 Å². The number of aryl methyl sites for hydroxylation is 1. The maximum Gasteiger partial charge on any atom is 0.231 e. The summed E-state index contributed by atoms with van der Waals surface area (Å²) in [5.74, 6) is 2.91. The topological polar surface area (TPSA) is 86.6 Å². The molecular weight excluding hydrogens is 420 g/mol. The first-order valence-electron chi connectivity index (χ1n) is 11.0. The van der Waals surface area contributed by atoms with Gasteiger partial charge in [-0.15, -0.1) is 0 Å². The summed E-state index contributed by atoms with van der Waals surface area (Å²) >= 11 is 0. The Kier molecular flexibility index (Phi) is 4.95. The fourth-order valence-corrected chi connectivity index (χ4v) is 4.12. The van der Waals surface area contributed by atoms with Gasteiger partial charge in [-0.25, -0.2) is 4.98 Å². The molecule has 4 aromatic rings. The molecular formula is C24H24N6O3. The largest absolute Gasteiger partial charge is 0.454 e. The van der Waals surface area contributed by atoms with Crippen molar-refractivity contribution in [1.82, 2.24) is 19.5 Å². The van der Waals surface area contributed by atoms with E-state index in [1.807, 2.05) is 35.2 Å². The first-order valence-corrected chi connectivity index (χ1v) is 11.0. The van der Waals surface area contributed by atoms with Gasteiger partial charge in [-0.2, -0.15) is 9.97 Å². The van der Waals surface area contributed by atoms with Gasteiger partial charge in [0.05, 0.1) is 13.2 Å². The number of aromatic nitrogens is 4. The lowest BCUT2D eigenvalue weighted by Gasteiger charge is -2.27. The number of hydrogen-bond donors (Lipinski definition) is 1. The van der Waals surface area contributed by atoms with Crippen LogP contribution in [0.3, 0.4) is 0 Å². The van der Waals surface area contributed by atoms with Crippen LogP contribution in [0.4, 0.5) is 11.8 Å². The molecule has 6 rings (SSSR count). The van der Waals surface area contributed by atoms with E-state index in [4.69, 9.17) is 24.2 Å². The number of anilines is 2. The van der Waals surface area contributed by atoms with E-state index in [9.17, 15) is 0 Å². The lowest BCUT2D eigenvalue weighted by molar-refractivity contribution is 0.122. The van der Waals surface area contributed by atoms with Crippen molar-refractivity contribution in [3.63, 3.8) is 0 Å². The van der Waals surface area contributed by atoms with Gasteiger partial charge in [0, 0.05) is 25.3 Å². The molecule has 33 heavy (non-hydrogen) atoms. The van der Waals surface area contributed by atoms with Gasteiger partial charge in [0.2, 0.25) is 12.7 Å². The van der Waals surface area contributed by atoms with E-state index in [-0.39, 0.29) is 6.79 Å². The van der Waals surface area contributed by atoms with Gasteiger partial charge in [0.25, 0.3) is 0 Å². The summed E-state index contributed by atoms with van der Waals surface area (Å²) < 4.78 is 18.5. The number of nitrogens with zero attached hydrogens (tertiary/aromatic N) is 5. The minimum atomic E-state index is 0.262. The number of hydrogen-bond acceptors (Lipinski definition) is 8. The van der Waals surface area contributed by atoms with Crippen molar-refractivity contribution in [2.24, 2.45) is 0 Å². The van der Waals surface area contributed by atoms with Gasteiger partial charge >= 0.3 is 0 Å². The van der Waals surface area contributed by atoms with Crippen LogP contribution in [0.2, 0.25) is 0 Å². The molecule has 0 amide bonds. The number of fused-ring (bicyclic) bond motifs is 2. The molecule has 0 atom stereocenters. The van der Waals surface area contributed by atoms with Gasteiger partial charge in [-0.1, -0.05) is 18.2 Å². The van der Waals surface area contributed by atoms with Crippen LogP contribution in [0.15, 0.2) is 48.8 Å². The van der Waals surface area contributed by atoms with Crippen molar-refractivity contribution < 1.29 is 14.2 Å². The number of ether oxygens (including phenoxy) is 3. The minimum absolute atomic E-state index is 0.262. The molecule has 9 heteroatoms. The zero-order valence-electron chi connectivity index (χ0n) is 18.3. The predicted molar refractivity (Wildman–Crippen MR) is 124 cm³/mol. The Bertz CT molecular complexity index is 1320. The smallest absolute Gasteiger partial charge is 0.231 e. The van der Waals surface area contributed by atoms with Crippen molar-refractivity contribution in [3.05, 3.63) is 59.9 Å². The average molecular weight is 444 g/mol. The summed E-state index contributed by atoms with van der Waals surface area (Å²) in [5, 5.41) is 3.47. The highest BCUT2D eigenvalue weighted by molar-refractivity contribution is 5.85. The van der Waals surface area contributed by atoms with Crippen LogP contribution < -0.4 is 19.7 Å². The highest BCUT2D eigenvalue weighted by Gasteiger charge is 2.20. The van der Waals surface area contributed by atoms with E-state index in [2.05, 4.69) is 40.3 Å². The molecule has 1 saturated heterocycles. The lowest BCUT2D eigenvalue weighted by Crippen LogP contribution is -2.37. The summed E-state index contributed by atoms with van der Waals surface area (Å²) in [4.78, 5) is 16.6. The van der Waals surface area contributed by atoms with Crippen LogP contribution in [-0.2, 0) is 11.3 Å². The molecule has 0 saturated carbocycles. The highest BCUT2D eigenvalue weighted by Crippen LogP contribution is 2.33. The lowest BCUT2D eigenvalue weighted by atomic mass is 10.2. The highest BCUT2D eigenvalue weighted by atomic mass is 16.7. The standard InChI is InChI=1S/C24H24N6O3/c1-16-3-2-4-18(11-16)30-14-26-21-22(25-13-17-5-6-19-20(12-17)33-15-32-19)27-24(28-23(21)30)29-7-9-31-10-8-29/h2-6,11-12,14H,7-10,13,15H2,1H3,(H,25,27,28). The van der Waals surface area contributed by atoms with Crippen LogP contribution >= 0.6 is 0 Å². The Balaban J connectivity index is 1.39. The molecule has 0 spiro atoms. The molecule has 1 fully saturated rings. The molecule has 2 aliphatic heterocycles. The molecule has 168 valence electrons. The average Bonchev–Trinajstić information content (AvgIpc) is 3.50. The SMILES string of the molecule is Cc1cccc(-n2cnc3c(NCc4ccc5c(c4)OCO5)nc(N4CCOCC4)nc32)c1. The molecule has 0 bridgehead atoms. The van der Waals surface area contributed by atoms with Crippen LogP contribution in [0.25, 0.3) is 16.9 Å². The van der Waals surface area contributed by atoms with E-state index in [0.29, 0.717) is 31.5 Å². The Labute approximate surface area is 190 Å². The Morgan fingerprint density at radius 2 is 1.88 bits per heavy atom. The maximum absolute atomic E-state index is 5.52. The van der Waals surface area contributed by atoms with Gasteiger partial charge in [-0.05, 0) is 42.3 Å². The van der Waals surface area contributed by atoms with Gasteiger partial charge < -0.3 is 24.4 Å². The second kappa shape index (κ2) is 8.25. The second-order valence-corrected chi connectivity index (χ2v) is 8.14. The van der Waals surface area contributed by atoms with Crippen LogP contribution in [-0.4, -0.2) is 52.6 Å².